The molecule has 3 nitrogen and oxygen atoms in total. The SMILES string of the molecule is CCC(O)C=CCCCCCCCC(=O)O. The van der Waals surface area contributed by atoms with Gasteiger partial charge in [-0.25, -0.2) is 0 Å². The second kappa shape index (κ2) is 10.7. The van der Waals surface area contributed by atoms with Gasteiger partial charge in [-0.3, -0.25) is 4.79 Å². The molecule has 0 heterocycles. The Balaban J connectivity index is 3.15. The van der Waals surface area contributed by atoms with Crippen LogP contribution < -0.4 is 0 Å². The average molecular weight is 228 g/mol. The third kappa shape index (κ3) is 11.2. The number of carboxylic acids is 1. The molecule has 2 N–H and O–H groups in total. The molecule has 16 heavy (non-hydrogen) atoms. The molecule has 0 spiro atoms. The number of hydrogen-bond acceptors (Lipinski definition) is 2. The highest BCUT2D eigenvalue weighted by molar-refractivity contribution is 5.66. The van der Waals surface area contributed by atoms with E-state index in [-0.39, 0.29) is 6.10 Å². The molecule has 0 aromatic rings. The molecule has 0 aromatic carbocycles. The maximum absolute atomic E-state index is 10.2. The molecule has 0 saturated carbocycles. The first-order valence-corrected chi connectivity index (χ1v) is 6.23. The predicted molar refractivity (Wildman–Crippen MR) is 65.4 cm³/mol. The Morgan fingerprint density at radius 2 is 1.81 bits per heavy atom. The van der Waals surface area contributed by atoms with Crippen molar-refractivity contribution in [2.45, 2.75) is 64.4 Å². The predicted octanol–water partition coefficient (Wildman–Crippen LogP) is 3.13. The smallest absolute Gasteiger partial charge is 0.303 e. The fourth-order valence-corrected chi connectivity index (χ4v) is 1.46. The van der Waals surface area contributed by atoms with E-state index >= 15 is 0 Å². The Labute approximate surface area is 98.2 Å². The summed E-state index contributed by atoms with van der Waals surface area (Å²) in [6, 6.07) is 0. The van der Waals surface area contributed by atoms with Crippen molar-refractivity contribution >= 4 is 5.97 Å². The Morgan fingerprint density at radius 3 is 2.44 bits per heavy atom. The van der Waals surface area contributed by atoms with Crippen LogP contribution in [0.2, 0.25) is 0 Å². The highest BCUT2D eigenvalue weighted by atomic mass is 16.4. The number of rotatable bonds is 10. The Morgan fingerprint density at radius 1 is 1.19 bits per heavy atom. The third-order valence-electron chi connectivity index (χ3n) is 2.54. The first-order valence-electron chi connectivity index (χ1n) is 6.23. The van der Waals surface area contributed by atoms with E-state index in [0.717, 1.165) is 44.9 Å². The minimum Gasteiger partial charge on any atom is -0.481 e. The van der Waals surface area contributed by atoms with E-state index in [1.165, 1.54) is 0 Å². The van der Waals surface area contributed by atoms with E-state index in [4.69, 9.17) is 5.11 Å². The van der Waals surface area contributed by atoms with Crippen molar-refractivity contribution in [1.29, 1.82) is 0 Å². The van der Waals surface area contributed by atoms with Gasteiger partial charge in [0.25, 0.3) is 0 Å². The van der Waals surface area contributed by atoms with Gasteiger partial charge in [-0.05, 0) is 25.7 Å². The largest absolute Gasteiger partial charge is 0.481 e. The summed E-state index contributed by atoms with van der Waals surface area (Å²) in [6.45, 7) is 1.96. The lowest BCUT2D eigenvalue weighted by molar-refractivity contribution is -0.137. The Kier molecular flexibility index (Phi) is 10.1. The summed E-state index contributed by atoms with van der Waals surface area (Å²) in [4.78, 5) is 10.2. The fraction of sp³-hybridized carbons (Fsp3) is 0.769. The summed E-state index contributed by atoms with van der Waals surface area (Å²) in [7, 11) is 0. The quantitative estimate of drug-likeness (QED) is 0.446. The molecule has 0 aromatic heterocycles. The molecule has 0 aliphatic carbocycles. The first-order chi connectivity index (χ1) is 7.66. The van der Waals surface area contributed by atoms with Gasteiger partial charge in [0.05, 0.1) is 6.10 Å². The molecular formula is C13H24O3. The molecule has 0 fully saturated rings. The number of carboxylic acid groups (broad SMARTS) is 1. The van der Waals surface area contributed by atoms with Crippen LogP contribution >= 0.6 is 0 Å². The van der Waals surface area contributed by atoms with Gasteiger partial charge in [0, 0.05) is 6.42 Å². The molecule has 0 radical (unpaired) electrons. The van der Waals surface area contributed by atoms with Crippen LogP contribution in [0.25, 0.3) is 0 Å². The van der Waals surface area contributed by atoms with Gasteiger partial charge in [0.15, 0.2) is 0 Å². The number of aliphatic hydroxyl groups excluding tert-OH is 1. The molecule has 1 atom stereocenters. The van der Waals surface area contributed by atoms with E-state index in [1.54, 1.807) is 0 Å². The van der Waals surface area contributed by atoms with Crippen LogP contribution in [0.4, 0.5) is 0 Å². The number of unbranched alkanes of at least 4 members (excludes halogenated alkanes) is 5. The van der Waals surface area contributed by atoms with Crippen molar-refractivity contribution in [3.8, 4) is 0 Å². The molecule has 0 saturated heterocycles. The highest BCUT2D eigenvalue weighted by Crippen LogP contribution is 2.07. The average Bonchev–Trinajstić information content (AvgIpc) is 2.26. The molecular weight excluding hydrogens is 204 g/mol. The number of hydrogen-bond donors (Lipinski definition) is 2. The van der Waals surface area contributed by atoms with Crippen molar-refractivity contribution in [3.63, 3.8) is 0 Å². The third-order valence-corrected chi connectivity index (χ3v) is 2.54. The summed E-state index contributed by atoms with van der Waals surface area (Å²) in [5.74, 6) is -0.698. The molecule has 0 bridgehead atoms. The van der Waals surface area contributed by atoms with Crippen LogP contribution in [0, 0.1) is 0 Å². The zero-order valence-electron chi connectivity index (χ0n) is 10.2. The molecule has 3 heteroatoms. The van der Waals surface area contributed by atoms with Gasteiger partial charge in [-0.15, -0.1) is 0 Å². The zero-order valence-corrected chi connectivity index (χ0v) is 10.2. The zero-order chi connectivity index (χ0) is 12.2. The lowest BCUT2D eigenvalue weighted by Crippen LogP contribution is -1.97. The number of allylic oxidation sites excluding steroid dienone is 1. The van der Waals surface area contributed by atoms with Crippen LogP contribution in [-0.4, -0.2) is 22.3 Å². The highest BCUT2D eigenvalue weighted by Gasteiger charge is 1.96. The molecule has 0 aliphatic heterocycles. The monoisotopic (exact) mass is 228 g/mol. The van der Waals surface area contributed by atoms with E-state index in [1.807, 2.05) is 19.1 Å². The van der Waals surface area contributed by atoms with Crippen LogP contribution in [0.1, 0.15) is 58.3 Å². The van der Waals surface area contributed by atoms with Gasteiger partial charge in [0.2, 0.25) is 0 Å². The molecule has 0 amide bonds. The minimum atomic E-state index is -0.698. The van der Waals surface area contributed by atoms with E-state index in [9.17, 15) is 9.90 Å². The van der Waals surface area contributed by atoms with Gasteiger partial charge < -0.3 is 10.2 Å². The maximum atomic E-state index is 10.2. The summed E-state index contributed by atoms with van der Waals surface area (Å²) < 4.78 is 0. The topological polar surface area (TPSA) is 57.5 Å². The van der Waals surface area contributed by atoms with Gasteiger partial charge in [-0.2, -0.15) is 0 Å². The van der Waals surface area contributed by atoms with Gasteiger partial charge >= 0.3 is 5.97 Å². The summed E-state index contributed by atoms with van der Waals surface area (Å²) >= 11 is 0. The minimum absolute atomic E-state index is 0.294. The van der Waals surface area contributed by atoms with Crippen LogP contribution in [-0.2, 0) is 4.79 Å². The van der Waals surface area contributed by atoms with Crippen molar-refractivity contribution in [2.75, 3.05) is 0 Å². The number of aliphatic carboxylic acids is 1. The Hall–Kier alpha value is -0.830. The van der Waals surface area contributed by atoms with E-state index in [0.29, 0.717) is 6.42 Å². The van der Waals surface area contributed by atoms with Crippen LogP contribution in [0.15, 0.2) is 12.2 Å². The molecule has 94 valence electrons. The molecule has 0 rings (SSSR count). The number of aliphatic hydroxyl groups is 1. The van der Waals surface area contributed by atoms with E-state index in [2.05, 4.69) is 0 Å². The Bertz CT molecular complexity index is 199. The van der Waals surface area contributed by atoms with Crippen molar-refractivity contribution < 1.29 is 15.0 Å². The summed E-state index contributed by atoms with van der Waals surface area (Å²) in [5.41, 5.74) is 0. The number of carbonyl (C=O) groups is 1. The van der Waals surface area contributed by atoms with Crippen molar-refractivity contribution in [3.05, 3.63) is 12.2 Å². The molecule has 1 unspecified atom stereocenters. The summed E-state index contributed by atoms with van der Waals surface area (Å²) in [5, 5.41) is 17.7. The summed E-state index contributed by atoms with van der Waals surface area (Å²) in [6.07, 6.45) is 10.8. The van der Waals surface area contributed by atoms with Crippen molar-refractivity contribution in [1.82, 2.24) is 0 Å². The standard InChI is InChI=1S/C13H24O3/c1-2-12(14)10-8-6-4-3-5-7-9-11-13(15)16/h8,10,12,14H,2-7,9,11H2,1H3,(H,15,16). The maximum Gasteiger partial charge on any atom is 0.303 e. The lowest BCUT2D eigenvalue weighted by atomic mass is 10.1. The van der Waals surface area contributed by atoms with Gasteiger partial charge in [0.1, 0.15) is 0 Å². The van der Waals surface area contributed by atoms with Crippen LogP contribution in [0.5, 0.6) is 0 Å². The second-order valence-corrected chi connectivity index (χ2v) is 4.10. The van der Waals surface area contributed by atoms with E-state index < -0.39 is 5.97 Å². The van der Waals surface area contributed by atoms with Gasteiger partial charge in [-0.1, -0.05) is 38.3 Å². The molecule has 0 aliphatic rings. The normalized spacial score (nSPS) is 13.1. The fourth-order valence-electron chi connectivity index (χ4n) is 1.46. The van der Waals surface area contributed by atoms with Crippen LogP contribution in [0.3, 0.4) is 0 Å². The first kappa shape index (κ1) is 15.2. The van der Waals surface area contributed by atoms with Crippen molar-refractivity contribution in [2.24, 2.45) is 0 Å². The lowest BCUT2D eigenvalue weighted by Gasteiger charge is -2.00. The second-order valence-electron chi connectivity index (χ2n) is 4.10.